The van der Waals surface area contributed by atoms with Crippen LogP contribution >= 0.6 is 24.4 Å². The summed E-state index contributed by atoms with van der Waals surface area (Å²) in [5.74, 6) is -1.17. The highest BCUT2D eigenvalue weighted by Crippen LogP contribution is 2.15. The van der Waals surface area contributed by atoms with Gasteiger partial charge in [0, 0.05) is 29.9 Å². The monoisotopic (exact) mass is 447 g/mol. The third-order valence-electron chi connectivity index (χ3n) is 4.34. The number of carbonyl (C=O) groups excluding carboxylic acids is 1. The molecule has 1 amide bonds. The van der Waals surface area contributed by atoms with Crippen molar-refractivity contribution in [2.45, 2.75) is 35.1 Å². The van der Waals surface area contributed by atoms with E-state index in [-0.39, 0.29) is 34.7 Å². The van der Waals surface area contributed by atoms with E-state index < -0.39 is 27.9 Å². The first kappa shape index (κ1) is 23.0. The number of carboxylic acid groups (broad SMARTS) is 1. The number of carboxylic acids is 1. The van der Waals surface area contributed by atoms with E-state index in [4.69, 9.17) is 0 Å². The molecule has 1 aromatic carbocycles. The van der Waals surface area contributed by atoms with E-state index in [0.717, 1.165) is 13.0 Å². The van der Waals surface area contributed by atoms with Crippen LogP contribution in [0.15, 0.2) is 29.2 Å². The van der Waals surface area contributed by atoms with Gasteiger partial charge in [-0.05, 0) is 43.0 Å². The van der Waals surface area contributed by atoms with Crippen molar-refractivity contribution in [2.75, 3.05) is 25.1 Å². The molecule has 8 nitrogen and oxygen atoms in total. The Hall–Kier alpha value is -1.27. The van der Waals surface area contributed by atoms with Crippen LogP contribution in [0.3, 0.4) is 0 Å². The van der Waals surface area contributed by atoms with Crippen molar-refractivity contribution >= 4 is 46.3 Å². The Kier molecular flexibility index (Phi) is 8.62. The molecule has 0 saturated carbocycles. The molecule has 0 radical (unpaired) electrons. The van der Waals surface area contributed by atoms with Crippen LogP contribution in [0, 0.1) is 0 Å². The molecule has 1 aromatic rings. The molecule has 3 atom stereocenters. The number of aliphatic carboxylic acids is 1. The van der Waals surface area contributed by atoms with Crippen LogP contribution in [0.2, 0.25) is 0 Å². The van der Waals surface area contributed by atoms with Crippen LogP contribution in [-0.4, -0.2) is 67.8 Å². The summed E-state index contributed by atoms with van der Waals surface area (Å²) >= 11 is 5.84. The number of sulfonamides is 1. The molecule has 156 valence electrons. The Morgan fingerprint density at radius 1 is 1.43 bits per heavy atom. The number of carbonyl (C=O) groups is 2. The number of hydrogen-bond acceptors (Lipinski definition) is 7. The minimum absolute atomic E-state index is 0.0107. The number of thiol groups is 1. The summed E-state index contributed by atoms with van der Waals surface area (Å²) in [5.41, 5.74) is 0.0905. The zero-order valence-corrected chi connectivity index (χ0v) is 17.9. The molecule has 1 aliphatic heterocycles. The van der Waals surface area contributed by atoms with Gasteiger partial charge in [0.1, 0.15) is 6.04 Å². The van der Waals surface area contributed by atoms with Crippen molar-refractivity contribution in [3.8, 4) is 0 Å². The maximum Gasteiger partial charge on any atom is 0.326 e. The summed E-state index contributed by atoms with van der Waals surface area (Å²) in [6, 6.07) is 4.53. The second kappa shape index (κ2) is 10.5. The van der Waals surface area contributed by atoms with Gasteiger partial charge in [-0.1, -0.05) is 6.07 Å². The predicted octanol–water partition coefficient (Wildman–Crippen LogP) is 0.561. The molecule has 4 N–H and O–H groups in total. The van der Waals surface area contributed by atoms with E-state index in [2.05, 4.69) is 28.0 Å². The number of hydrogen-bond donors (Lipinski definition) is 5. The highest BCUT2D eigenvalue weighted by molar-refractivity contribution is 7.98. The van der Waals surface area contributed by atoms with Crippen LogP contribution in [0.5, 0.6) is 0 Å². The maximum atomic E-state index is 12.5. The van der Waals surface area contributed by atoms with E-state index >= 15 is 0 Å². The fourth-order valence-electron chi connectivity index (χ4n) is 2.79. The smallest absolute Gasteiger partial charge is 0.326 e. The third-order valence-corrected chi connectivity index (χ3v) is 6.80. The molecule has 1 fully saturated rings. The van der Waals surface area contributed by atoms with Crippen LogP contribution in [0.1, 0.15) is 23.2 Å². The third kappa shape index (κ3) is 6.66. The van der Waals surface area contributed by atoms with Gasteiger partial charge in [0.15, 0.2) is 0 Å². The summed E-state index contributed by atoms with van der Waals surface area (Å²) in [7, 11) is -3.79. The van der Waals surface area contributed by atoms with E-state index in [1.165, 1.54) is 36.0 Å². The summed E-state index contributed by atoms with van der Waals surface area (Å²) in [6.45, 7) is 0.956. The van der Waals surface area contributed by atoms with Crippen molar-refractivity contribution in [2.24, 2.45) is 0 Å². The Morgan fingerprint density at radius 3 is 2.79 bits per heavy atom. The lowest BCUT2D eigenvalue weighted by molar-refractivity contribution is -0.139. The highest BCUT2D eigenvalue weighted by Gasteiger charge is 2.25. The van der Waals surface area contributed by atoms with E-state index in [0.29, 0.717) is 5.75 Å². The number of thioether (sulfide) groups is 1. The topological polar surface area (TPSA) is 125 Å². The molecule has 0 bridgehead atoms. The zero-order valence-electron chi connectivity index (χ0n) is 15.4. The fourth-order valence-corrected chi connectivity index (χ4v) is 4.74. The Morgan fingerprint density at radius 2 is 2.18 bits per heavy atom. The first-order valence-corrected chi connectivity index (χ1v) is 12.2. The standard InChI is InChI=1S/C17H25N3O5S3/c1-27-6-5-15(17(22)23)20-16(21)11-3-2-4-14(7-11)28(24,25)19-9-12-8-13(26)10-18-12/h2-4,7,12-13,15,18-19,26H,5-6,8-10H2,1H3,(H,20,21)(H,22,23)/t12-,13-,15-/m0/s1. The number of rotatable bonds is 10. The van der Waals surface area contributed by atoms with Crippen molar-refractivity contribution in [1.29, 1.82) is 0 Å². The summed E-state index contributed by atoms with van der Waals surface area (Å²) in [4.78, 5) is 23.6. The summed E-state index contributed by atoms with van der Waals surface area (Å²) in [6.07, 6.45) is 2.89. The van der Waals surface area contributed by atoms with E-state index in [9.17, 15) is 23.1 Å². The van der Waals surface area contributed by atoms with Gasteiger partial charge >= 0.3 is 5.97 Å². The lowest BCUT2D eigenvalue weighted by Gasteiger charge is -2.15. The normalized spacial score (nSPS) is 20.6. The maximum absolute atomic E-state index is 12.5. The molecule has 28 heavy (non-hydrogen) atoms. The second-order valence-corrected chi connectivity index (χ2v) is 10.0. The molecule has 1 heterocycles. The van der Waals surface area contributed by atoms with E-state index in [1.54, 1.807) is 0 Å². The average Bonchev–Trinajstić information content (AvgIpc) is 3.08. The number of benzene rings is 1. The van der Waals surface area contributed by atoms with Crippen LogP contribution in [0.25, 0.3) is 0 Å². The quantitative estimate of drug-likeness (QED) is 0.332. The molecule has 1 aliphatic rings. The SMILES string of the molecule is CSCC[C@H](NC(=O)c1cccc(S(=O)(=O)NC[C@@H]2C[C@H](S)CN2)c1)C(=O)O. The van der Waals surface area contributed by atoms with Crippen molar-refractivity contribution in [3.05, 3.63) is 29.8 Å². The summed E-state index contributed by atoms with van der Waals surface area (Å²) < 4.78 is 27.6. The first-order valence-electron chi connectivity index (χ1n) is 8.76. The molecular weight excluding hydrogens is 422 g/mol. The second-order valence-electron chi connectivity index (χ2n) is 6.52. The molecule has 0 aromatic heterocycles. The van der Waals surface area contributed by atoms with Gasteiger partial charge in [0.2, 0.25) is 10.0 Å². The molecule has 11 heteroatoms. The molecule has 2 rings (SSSR count). The van der Waals surface area contributed by atoms with Gasteiger partial charge in [-0.2, -0.15) is 24.4 Å². The van der Waals surface area contributed by atoms with E-state index in [1.807, 2.05) is 6.26 Å². The van der Waals surface area contributed by atoms with Gasteiger partial charge in [0.05, 0.1) is 4.90 Å². The molecule has 0 aliphatic carbocycles. The van der Waals surface area contributed by atoms with Crippen LogP contribution < -0.4 is 15.4 Å². The minimum Gasteiger partial charge on any atom is -0.480 e. The first-order chi connectivity index (χ1) is 13.2. The molecule has 1 saturated heterocycles. The molecule has 0 unspecified atom stereocenters. The lowest BCUT2D eigenvalue weighted by atomic mass is 10.1. The Balaban J connectivity index is 2.05. The molecule has 0 spiro atoms. The number of amides is 1. The minimum atomic E-state index is -3.79. The predicted molar refractivity (Wildman–Crippen MR) is 113 cm³/mol. The largest absolute Gasteiger partial charge is 0.480 e. The van der Waals surface area contributed by atoms with Crippen molar-refractivity contribution in [3.63, 3.8) is 0 Å². The van der Waals surface area contributed by atoms with Gasteiger partial charge < -0.3 is 15.7 Å². The lowest BCUT2D eigenvalue weighted by Crippen LogP contribution is -2.41. The van der Waals surface area contributed by atoms with Gasteiger partial charge in [-0.15, -0.1) is 0 Å². The zero-order chi connectivity index (χ0) is 20.7. The summed E-state index contributed by atoms with van der Waals surface area (Å²) in [5, 5.41) is 15.1. The van der Waals surface area contributed by atoms with Crippen LogP contribution in [0.4, 0.5) is 0 Å². The average molecular weight is 448 g/mol. The highest BCUT2D eigenvalue weighted by atomic mass is 32.2. The van der Waals surface area contributed by atoms with Gasteiger partial charge in [-0.25, -0.2) is 17.9 Å². The van der Waals surface area contributed by atoms with Gasteiger partial charge in [0.25, 0.3) is 5.91 Å². The number of nitrogens with one attached hydrogen (secondary N) is 3. The Bertz CT molecular complexity index is 803. The van der Waals surface area contributed by atoms with Gasteiger partial charge in [-0.3, -0.25) is 4.79 Å². The van der Waals surface area contributed by atoms with Crippen LogP contribution in [-0.2, 0) is 14.8 Å². The Labute approximate surface area is 174 Å². The molecular formula is C17H25N3O5S3. The fraction of sp³-hybridized carbons (Fsp3) is 0.529. The van der Waals surface area contributed by atoms with Crippen molar-refractivity contribution in [1.82, 2.24) is 15.4 Å². The van der Waals surface area contributed by atoms with Crippen molar-refractivity contribution < 1.29 is 23.1 Å².